The molecule has 0 saturated carbocycles. The molecular formula is C13H22N2O. The normalized spacial score (nSPS) is 12.8. The molecule has 0 atom stereocenters. The minimum atomic E-state index is -0.662. The third-order valence-electron chi connectivity index (χ3n) is 2.57. The predicted molar refractivity (Wildman–Crippen MR) is 66.4 cm³/mol. The van der Waals surface area contributed by atoms with Crippen LogP contribution in [0.15, 0.2) is 24.5 Å². The minimum absolute atomic E-state index is 0.0273. The number of nitrogens with one attached hydrogen (secondary N) is 1. The van der Waals surface area contributed by atoms with E-state index in [1.165, 1.54) is 5.56 Å². The first-order valence-electron chi connectivity index (χ1n) is 5.65. The summed E-state index contributed by atoms with van der Waals surface area (Å²) < 4.78 is 0. The lowest BCUT2D eigenvalue weighted by atomic mass is 9.85. The second kappa shape index (κ2) is 4.93. The van der Waals surface area contributed by atoms with E-state index in [9.17, 15) is 5.11 Å². The Morgan fingerprint density at radius 1 is 1.25 bits per heavy atom. The van der Waals surface area contributed by atoms with E-state index in [4.69, 9.17) is 0 Å². The molecule has 1 heterocycles. The molecule has 90 valence electrons. The molecule has 1 rings (SSSR count). The quantitative estimate of drug-likeness (QED) is 0.797. The summed E-state index contributed by atoms with van der Waals surface area (Å²) in [5, 5.41) is 12.9. The molecule has 1 aromatic heterocycles. The molecule has 0 spiro atoms. The van der Waals surface area contributed by atoms with Crippen molar-refractivity contribution in [3.05, 3.63) is 30.1 Å². The van der Waals surface area contributed by atoms with Gasteiger partial charge < -0.3 is 10.4 Å². The van der Waals surface area contributed by atoms with Crippen molar-refractivity contribution in [3.63, 3.8) is 0 Å². The van der Waals surface area contributed by atoms with Crippen molar-refractivity contribution in [2.45, 2.75) is 38.7 Å². The van der Waals surface area contributed by atoms with Crippen molar-refractivity contribution < 1.29 is 5.11 Å². The lowest BCUT2D eigenvalue weighted by Gasteiger charge is -2.27. The minimum Gasteiger partial charge on any atom is -0.389 e. The van der Waals surface area contributed by atoms with Gasteiger partial charge in [-0.3, -0.25) is 4.98 Å². The fourth-order valence-corrected chi connectivity index (χ4v) is 1.55. The van der Waals surface area contributed by atoms with Crippen LogP contribution in [0.4, 0.5) is 0 Å². The van der Waals surface area contributed by atoms with Gasteiger partial charge in [0.1, 0.15) is 0 Å². The van der Waals surface area contributed by atoms with Crippen LogP contribution in [0.1, 0.15) is 33.3 Å². The molecule has 0 aromatic carbocycles. The van der Waals surface area contributed by atoms with Gasteiger partial charge in [0.15, 0.2) is 0 Å². The van der Waals surface area contributed by atoms with Gasteiger partial charge in [-0.1, -0.05) is 19.9 Å². The maximum absolute atomic E-state index is 9.61. The van der Waals surface area contributed by atoms with Crippen LogP contribution in [0.5, 0.6) is 0 Å². The summed E-state index contributed by atoms with van der Waals surface area (Å²) >= 11 is 0. The van der Waals surface area contributed by atoms with E-state index in [0.717, 1.165) is 6.54 Å². The summed E-state index contributed by atoms with van der Waals surface area (Å²) in [4.78, 5) is 4.13. The lowest BCUT2D eigenvalue weighted by molar-refractivity contribution is 0.0785. The van der Waals surface area contributed by atoms with Crippen LogP contribution in [0.25, 0.3) is 0 Å². The highest BCUT2D eigenvalue weighted by molar-refractivity contribution is 5.19. The van der Waals surface area contributed by atoms with Crippen molar-refractivity contribution in [3.8, 4) is 0 Å². The van der Waals surface area contributed by atoms with Gasteiger partial charge in [0, 0.05) is 30.9 Å². The van der Waals surface area contributed by atoms with Gasteiger partial charge in [-0.15, -0.1) is 0 Å². The fourth-order valence-electron chi connectivity index (χ4n) is 1.55. The lowest BCUT2D eigenvalue weighted by Crippen LogP contribution is -2.41. The van der Waals surface area contributed by atoms with E-state index >= 15 is 0 Å². The first-order valence-corrected chi connectivity index (χ1v) is 5.65. The highest BCUT2D eigenvalue weighted by Crippen LogP contribution is 2.20. The van der Waals surface area contributed by atoms with Crippen LogP contribution in [0.2, 0.25) is 0 Å². The van der Waals surface area contributed by atoms with Crippen LogP contribution < -0.4 is 5.32 Å². The van der Waals surface area contributed by atoms with E-state index in [1.807, 2.05) is 12.3 Å². The molecule has 0 aliphatic rings. The molecule has 0 aliphatic heterocycles. The molecule has 3 nitrogen and oxygen atoms in total. The van der Waals surface area contributed by atoms with Gasteiger partial charge in [0.25, 0.3) is 0 Å². The highest BCUT2D eigenvalue weighted by atomic mass is 16.3. The highest BCUT2D eigenvalue weighted by Gasteiger charge is 2.21. The van der Waals surface area contributed by atoms with Crippen LogP contribution >= 0.6 is 0 Å². The second-order valence-electron chi connectivity index (χ2n) is 5.54. The number of nitrogens with zero attached hydrogens (tertiary/aromatic N) is 1. The van der Waals surface area contributed by atoms with E-state index in [0.29, 0.717) is 6.54 Å². The Hall–Kier alpha value is -0.930. The Labute approximate surface area is 97.9 Å². The summed E-state index contributed by atoms with van der Waals surface area (Å²) in [6, 6.07) is 4.03. The first-order chi connectivity index (χ1) is 7.31. The Morgan fingerprint density at radius 2 is 1.94 bits per heavy atom. The number of hydrogen-bond acceptors (Lipinski definition) is 3. The van der Waals surface area contributed by atoms with Gasteiger partial charge in [0.05, 0.1) is 5.60 Å². The Balaban J connectivity index is 2.53. The predicted octanol–water partition coefficient (Wildman–Crippen LogP) is 1.72. The van der Waals surface area contributed by atoms with Crippen molar-refractivity contribution in [2.75, 3.05) is 13.1 Å². The van der Waals surface area contributed by atoms with Crippen molar-refractivity contribution in [1.82, 2.24) is 10.3 Å². The van der Waals surface area contributed by atoms with Gasteiger partial charge in [-0.05, 0) is 25.5 Å². The van der Waals surface area contributed by atoms with E-state index in [1.54, 1.807) is 20.0 Å². The molecule has 1 aromatic rings. The summed E-state index contributed by atoms with van der Waals surface area (Å²) in [7, 11) is 0. The summed E-state index contributed by atoms with van der Waals surface area (Å²) in [5.41, 5.74) is 0.572. The van der Waals surface area contributed by atoms with Crippen molar-refractivity contribution >= 4 is 0 Å². The van der Waals surface area contributed by atoms with E-state index in [-0.39, 0.29) is 5.41 Å². The smallest absolute Gasteiger partial charge is 0.0715 e. The molecule has 3 heteroatoms. The van der Waals surface area contributed by atoms with Gasteiger partial charge >= 0.3 is 0 Å². The number of rotatable bonds is 5. The van der Waals surface area contributed by atoms with Crippen molar-refractivity contribution in [2.24, 2.45) is 0 Å². The SMILES string of the molecule is CC(C)(O)CNCC(C)(C)c1cccnc1. The molecule has 0 aliphatic carbocycles. The zero-order chi connectivity index (χ0) is 12.2. The third kappa shape index (κ3) is 4.29. The largest absolute Gasteiger partial charge is 0.389 e. The molecule has 16 heavy (non-hydrogen) atoms. The maximum Gasteiger partial charge on any atom is 0.0715 e. The molecule has 0 saturated heterocycles. The van der Waals surface area contributed by atoms with E-state index in [2.05, 4.69) is 30.2 Å². The number of hydrogen-bond donors (Lipinski definition) is 2. The number of aliphatic hydroxyl groups is 1. The molecule has 0 amide bonds. The Kier molecular flexibility index (Phi) is 4.05. The second-order valence-corrected chi connectivity index (χ2v) is 5.54. The van der Waals surface area contributed by atoms with E-state index < -0.39 is 5.60 Å². The monoisotopic (exact) mass is 222 g/mol. The van der Waals surface area contributed by atoms with Crippen LogP contribution in [0, 0.1) is 0 Å². The molecule has 0 unspecified atom stereocenters. The maximum atomic E-state index is 9.61. The summed E-state index contributed by atoms with van der Waals surface area (Å²) in [6.45, 7) is 9.36. The Morgan fingerprint density at radius 3 is 2.44 bits per heavy atom. The number of pyridine rings is 1. The average molecular weight is 222 g/mol. The molecule has 0 fully saturated rings. The third-order valence-corrected chi connectivity index (χ3v) is 2.57. The van der Waals surface area contributed by atoms with Gasteiger partial charge in [0.2, 0.25) is 0 Å². The zero-order valence-electron chi connectivity index (χ0n) is 10.6. The fraction of sp³-hybridized carbons (Fsp3) is 0.615. The average Bonchev–Trinajstić information content (AvgIpc) is 2.17. The van der Waals surface area contributed by atoms with Crippen molar-refractivity contribution in [1.29, 1.82) is 0 Å². The topological polar surface area (TPSA) is 45.1 Å². The molecular weight excluding hydrogens is 200 g/mol. The van der Waals surface area contributed by atoms with Crippen LogP contribution in [-0.4, -0.2) is 28.8 Å². The standard InChI is InChI=1S/C13H22N2O/c1-12(2,9-15-10-13(3,4)16)11-6-5-7-14-8-11/h5-8,15-16H,9-10H2,1-4H3. The van der Waals surface area contributed by atoms with Crippen LogP contribution in [-0.2, 0) is 5.41 Å². The zero-order valence-corrected chi connectivity index (χ0v) is 10.6. The Bertz CT molecular complexity index is 314. The molecule has 0 bridgehead atoms. The first kappa shape index (κ1) is 13.1. The summed E-state index contributed by atoms with van der Waals surface area (Å²) in [5.74, 6) is 0. The summed E-state index contributed by atoms with van der Waals surface area (Å²) in [6.07, 6.45) is 3.68. The molecule has 2 N–H and O–H groups in total. The molecule has 0 radical (unpaired) electrons. The van der Waals surface area contributed by atoms with Gasteiger partial charge in [-0.2, -0.15) is 0 Å². The van der Waals surface area contributed by atoms with Gasteiger partial charge in [-0.25, -0.2) is 0 Å². The number of aromatic nitrogens is 1. The van der Waals surface area contributed by atoms with Crippen LogP contribution in [0.3, 0.4) is 0 Å².